The lowest BCUT2D eigenvalue weighted by molar-refractivity contribution is 0.482. The summed E-state index contributed by atoms with van der Waals surface area (Å²) in [6, 6.07) is 3.95. The van der Waals surface area contributed by atoms with Gasteiger partial charge in [-0.15, -0.1) is 0 Å². The lowest BCUT2D eigenvalue weighted by Gasteiger charge is -2.15. The van der Waals surface area contributed by atoms with E-state index in [2.05, 4.69) is 31.3 Å². The number of nitrogens with two attached hydrogens (primary N) is 1. The van der Waals surface area contributed by atoms with E-state index in [-0.39, 0.29) is 0 Å². The van der Waals surface area contributed by atoms with Crippen molar-refractivity contribution < 1.29 is 4.42 Å². The van der Waals surface area contributed by atoms with Crippen LogP contribution in [0.15, 0.2) is 32.7 Å². The molecule has 1 aliphatic heterocycles. The molecule has 0 aromatic carbocycles. The number of hydrogen-bond acceptors (Lipinski definition) is 7. The number of nitrogens with zero attached hydrogens (tertiary/aromatic N) is 4. The van der Waals surface area contributed by atoms with Crippen LogP contribution < -0.4 is 11.1 Å². The van der Waals surface area contributed by atoms with Crippen molar-refractivity contribution in [3.8, 4) is 11.5 Å². The molecule has 0 spiro atoms. The summed E-state index contributed by atoms with van der Waals surface area (Å²) < 4.78 is 5.98. The first kappa shape index (κ1) is 17.1. The van der Waals surface area contributed by atoms with Crippen LogP contribution in [0, 0.1) is 0 Å². The standard InChI is InChI=1S/C19H24N6O/c20-7-10-22-14-1-3-15(4-2-14)24-19-23-9-5-16(25-19)18-11-13-12-21-8-6-17(13)26-18/h5,9,11,21H,1-4,6-8,10,12,20H2. The molecule has 1 saturated carbocycles. The summed E-state index contributed by atoms with van der Waals surface area (Å²) in [4.78, 5) is 18.1. The summed E-state index contributed by atoms with van der Waals surface area (Å²) in [6.07, 6.45) is 6.41. The Hall–Kier alpha value is -2.38. The van der Waals surface area contributed by atoms with Gasteiger partial charge in [0.25, 0.3) is 0 Å². The number of rotatable bonds is 4. The molecule has 1 aliphatic carbocycles. The van der Waals surface area contributed by atoms with Crippen molar-refractivity contribution in [3.05, 3.63) is 29.7 Å². The van der Waals surface area contributed by atoms with E-state index >= 15 is 0 Å². The van der Waals surface area contributed by atoms with Gasteiger partial charge in [0.1, 0.15) is 11.5 Å². The summed E-state index contributed by atoms with van der Waals surface area (Å²) >= 11 is 0. The fourth-order valence-corrected chi connectivity index (χ4v) is 3.38. The van der Waals surface area contributed by atoms with Gasteiger partial charge in [-0.25, -0.2) is 15.0 Å². The second kappa shape index (κ2) is 7.88. The predicted molar refractivity (Wildman–Crippen MR) is 102 cm³/mol. The van der Waals surface area contributed by atoms with Gasteiger partial charge in [0, 0.05) is 49.2 Å². The minimum absolute atomic E-state index is 0.507. The van der Waals surface area contributed by atoms with E-state index in [4.69, 9.17) is 10.2 Å². The number of hydrogen-bond donors (Lipinski definition) is 2. The van der Waals surface area contributed by atoms with Gasteiger partial charge in [-0.2, -0.15) is 0 Å². The molecule has 2 aromatic rings. The Kier molecular flexibility index (Phi) is 5.17. The van der Waals surface area contributed by atoms with Crippen LogP contribution in [-0.2, 0) is 13.0 Å². The van der Waals surface area contributed by atoms with Crippen LogP contribution in [0.1, 0.15) is 37.0 Å². The highest BCUT2D eigenvalue weighted by molar-refractivity contribution is 5.98. The Morgan fingerprint density at radius 2 is 2.00 bits per heavy atom. The average Bonchev–Trinajstić information content (AvgIpc) is 3.12. The van der Waals surface area contributed by atoms with Crippen molar-refractivity contribution in [2.45, 2.75) is 38.6 Å². The number of aromatic nitrogens is 2. The van der Waals surface area contributed by atoms with E-state index in [0.29, 0.717) is 12.5 Å². The van der Waals surface area contributed by atoms with Crippen molar-refractivity contribution in [2.24, 2.45) is 15.7 Å². The van der Waals surface area contributed by atoms with Crippen LogP contribution in [0.3, 0.4) is 0 Å². The van der Waals surface area contributed by atoms with E-state index in [1.165, 1.54) is 11.3 Å². The molecular weight excluding hydrogens is 328 g/mol. The van der Waals surface area contributed by atoms with Gasteiger partial charge in [0.15, 0.2) is 5.76 Å². The third-order valence-corrected chi connectivity index (χ3v) is 4.76. The zero-order valence-corrected chi connectivity index (χ0v) is 14.9. The van der Waals surface area contributed by atoms with E-state index in [1.54, 1.807) is 6.20 Å². The Morgan fingerprint density at radius 1 is 1.15 bits per heavy atom. The molecule has 3 N–H and O–H groups in total. The monoisotopic (exact) mass is 352 g/mol. The topological polar surface area (TPSA) is 102 Å². The fraction of sp³-hybridized carbons (Fsp3) is 0.474. The minimum Gasteiger partial charge on any atom is -0.459 e. The molecule has 4 rings (SSSR count). The second-order valence-electron chi connectivity index (χ2n) is 6.64. The molecule has 26 heavy (non-hydrogen) atoms. The normalized spacial score (nSPS) is 17.1. The first-order valence-corrected chi connectivity index (χ1v) is 9.26. The van der Waals surface area contributed by atoms with Gasteiger partial charge in [0.2, 0.25) is 5.95 Å². The van der Waals surface area contributed by atoms with E-state index in [0.717, 1.165) is 74.7 Å². The zero-order chi connectivity index (χ0) is 17.8. The number of aliphatic imine (C=N–C) groups is 2. The highest BCUT2D eigenvalue weighted by Crippen LogP contribution is 2.27. The van der Waals surface area contributed by atoms with E-state index < -0.39 is 0 Å². The molecule has 2 aromatic heterocycles. The van der Waals surface area contributed by atoms with Gasteiger partial charge >= 0.3 is 0 Å². The molecule has 7 nitrogen and oxygen atoms in total. The van der Waals surface area contributed by atoms with Gasteiger partial charge in [-0.3, -0.25) is 4.99 Å². The summed E-state index contributed by atoms with van der Waals surface area (Å²) in [6.45, 7) is 3.14. The largest absolute Gasteiger partial charge is 0.459 e. The number of fused-ring (bicyclic) bond motifs is 1. The van der Waals surface area contributed by atoms with E-state index in [9.17, 15) is 0 Å². The molecule has 0 atom stereocenters. The van der Waals surface area contributed by atoms with Crippen molar-refractivity contribution in [3.63, 3.8) is 0 Å². The molecule has 0 saturated heterocycles. The molecule has 0 radical (unpaired) electrons. The lowest BCUT2D eigenvalue weighted by Crippen LogP contribution is -2.22. The molecule has 0 bridgehead atoms. The maximum atomic E-state index is 5.98. The first-order valence-electron chi connectivity index (χ1n) is 9.26. The molecule has 7 heteroatoms. The maximum Gasteiger partial charge on any atom is 0.249 e. The lowest BCUT2D eigenvalue weighted by atomic mass is 9.96. The Balaban J connectivity index is 1.49. The van der Waals surface area contributed by atoms with Crippen LogP contribution in [0.25, 0.3) is 11.5 Å². The Labute approximate surface area is 152 Å². The molecule has 0 unspecified atom stereocenters. The van der Waals surface area contributed by atoms with Crippen LogP contribution in [0.4, 0.5) is 5.95 Å². The smallest absolute Gasteiger partial charge is 0.249 e. The van der Waals surface area contributed by atoms with Crippen molar-refractivity contribution in [2.75, 3.05) is 19.6 Å². The molecule has 1 fully saturated rings. The van der Waals surface area contributed by atoms with Crippen LogP contribution >= 0.6 is 0 Å². The van der Waals surface area contributed by atoms with Crippen LogP contribution in [0.2, 0.25) is 0 Å². The number of furan rings is 1. The third-order valence-electron chi connectivity index (χ3n) is 4.76. The molecule has 136 valence electrons. The Bertz CT molecular complexity index is 803. The molecule has 2 aliphatic rings. The number of nitrogens with one attached hydrogen (secondary N) is 1. The fourth-order valence-electron chi connectivity index (χ4n) is 3.38. The summed E-state index contributed by atoms with van der Waals surface area (Å²) in [5.41, 5.74) is 9.90. The first-order chi connectivity index (χ1) is 12.8. The molecule has 0 amide bonds. The SMILES string of the molecule is NCCN=C1CCC(=Nc2nccc(-c3cc4c(o3)CCNC4)n2)CC1. The van der Waals surface area contributed by atoms with Gasteiger partial charge in [-0.1, -0.05) is 0 Å². The highest BCUT2D eigenvalue weighted by atomic mass is 16.3. The quantitative estimate of drug-likeness (QED) is 0.880. The van der Waals surface area contributed by atoms with Crippen molar-refractivity contribution in [1.82, 2.24) is 15.3 Å². The van der Waals surface area contributed by atoms with Crippen molar-refractivity contribution in [1.29, 1.82) is 0 Å². The zero-order valence-electron chi connectivity index (χ0n) is 14.9. The second-order valence-corrected chi connectivity index (χ2v) is 6.64. The van der Waals surface area contributed by atoms with Crippen LogP contribution in [-0.4, -0.2) is 41.0 Å². The molecule has 3 heterocycles. The maximum absolute atomic E-state index is 5.98. The van der Waals surface area contributed by atoms with Crippen molar-refractivity contribution >= 4 is 17.4 Å². The Morgan fingerprint density at radius 3 is 2.81 bits per heavy atom. The minimum atomic E-state index is 0.507. The third kappa shape index (κ3) is 3.89. The van der Waals surface area contributed by atoms with Crippen LogP contribution in [0.5, 0.6) is 0 Å². The highest BCUT2D eigenvalue weighted by Gasteiger charge is 2.17. The van der Waals surface area contributed by atoms with Gasteiger partial charge < -0.3 is 15.5 Å². The summed E-state index contributed by atoms with van der Waals surface area (Å²) in [5, 5.41) is 3.36. The average molecular weight is 352 g/mol. The summed E-state index contributed by atoms with van der Waals surface area (Å²) in [5.74, 6) is 2.36. The van der Waals surface area contributed by atoms with Gasteiger partial charge in [-0.05, 0) is 37.8 Å². The summed E-state index contributed by atoms with van der Waals surface area (Å²) in [7, 11) is 0. The van der Waals surface area contributed by atoms with Gasteiger partial charge in [0.05, 0.1) is 6.54 Å². The van der Waals surface area contributed by atoms with E-state index in [1.807, 2.05) is 6.07 Å². The molecular formula is C19H24N6O. The predicted octanol–water partition coefficient (Wildman–Crippen LogP) is 2.43.